The molecule has 1 unspecified atom stereocenters. The van der Waals surface area contributed by atoms with E-state index in [9.17, 15) is 0 Å². The molecule has 1 rings (SSSR count). The van der Waals surface area contributed by atoms with Gasteiger partial charge in [-0.3, -0.25) is 0 Å². The van der Waals surface area contributed by atoms with Crippen LogP contribution >= 0.6 is 0 Å². The highest BCUT2D eigenvalue weighted by molar-refractivity contribution is 4.69. The summed E-state index contributed by atoms with van der Waals surface area (Å²) in [6, 6.07) is 0.712. The van der Waals surface area contributed by atoms with Crippen LogP contribution in [0.4, 0.5) is 0 Å². The first-order valence-electron chi connectivity index (χ1n) is 5.78. The second-order valence-electron chi connectivity index (χ2n) is 4.19. The van der Waals surface area contributed by atoms with E-state index in [4.69, 9.17) is 0 Å². The molecule has 0 aromatic heterocycles. The Balaban J connectivity index is 2.20. The molecule has 0 aliphatic carbocycles. The molecular weight excluding hydrogens is 160 g/mol. The summed E-state index contributed by atoms with van der Waals surface area (Å²) >= 11 is 0. The van der Waals surface area contributed by atoms with Crippen LogP contribution < -0.4 is 5.32 Å². The van der Waals surface area contributed by atoms with Crippen molar-refractivity contribution < 1.29 is 0 Å². The van der Waals surface area contributed by atoms with Gasteiger partial charge in [-0.25, -0.2) is 0 Å². The molecular formula is C11H24N2. The van der Waals surface area contributed by atoms with E-state index in [1.165, 1.54) is 51.9 Å². The van der Waals surface area contributed by atoms with Gasteiger partial charge in [0.2, 0.25) is 0 Å². The Kier molecular flexibility index (Phi) is 5.40. The maximum Gasteiger partial charge on any atom is 0.00509 e. The number of hydrogen-bond donors (Lipinski definition) is 1. The quantitative estimate of drug-likeness (QED) is 0.720. The molecule has 1 aliphatic heterocycles. The van der Waals surface area contributed by atoms with Gasteiger partial charge in [-0.2, -0.15) is 0 Å². The van der Waals surface area contributed by atoms with Crippen LogP contribution in [0.25, 0.3) is 0 Å². The molecule has 2 nitrogen and oxygen atoms in total. The van der Waals surface area contributed by atoms with Crippen molar-refractivity contribution in [3.63, 3.8) is 0 Å². The van der Waals surface area contributed by atoms with Crippen LogP contribution in [0.5, 0.6) is 0 Å². The minimum absolute atomic E-state index is 0.712. The van der Waals surface area contributed by atoms with Gasteiger partial charge in [-0.15, -0.1) is 0 Å². The summed E-state index contributed by atoms with van der Waals surface area (Å²) < 4.78 is 0. The first-order valence-corrected chi connectivity index (χ1v) is 5.78. The van der Waals surface area contributed by atoms with Gasteiger partial charge >= 0.3 is 0 Å². The van der Waals surface area contributed by atoms with Crippen molar-refractivity contribution in [3.8, 4) is 0 Å². The molecule has 2 heteroatoms. The van der Waals surface area contributed by atoms with Gasteiger partial charge in [0.05, 0.1) is 0 Å². The normalized spacial score (nSPS) is 26.8. The number of nitrogens with one attached hydrogen (secondary N) is 1. The molecule has 13 heavy (non-hydrogen) atoms. The molecule has 1 N–H and O–H groups in total. The summed E-state index contributed by atoms with van der Waals surface area (Å²) in [4.78, 5) is 2.63. The Hall–Kier alpha value is -0.0800. The molecule has 0 amide bonds. The lowest BCUT2D eigenvalue weighted by Crippen LogP contribution is -2.38. The summed E-state index contributed by atoms with van der Waals surface area (Å²) in [5.74, 6) is 0. The zero-order valence-electron chi connectivity index (χ0n) is 9.18. The lowest BCUT2D eigenvalue weighted by atomic mass is 10.1. The second kappa shape index (κ2) is 6.39. The number of rotatable bonds is 3. The fourth-order valence-electron chi connectivity index (χ4n) is 1.85. The van der Waals surface area contributed by atoms with Gasteiger partial charge in [0.15, 0.2) is 0 Å². The minimum Gasteiger partial charge on any atom is -0.314 e. The summed E-state index contributed by atoms with van der Waals surface area (Å²) in [5.41, 5.74) is 0. The third-order valence-corrected chi connectivity index (χ3v) is 2.85. The topological polar surface area (TPSA) is 15.3 Å². The van der Waals surface area contributed by atoms with Crippen molar-refractivity contribution >= 4 is 0 Å². The van der Waals surface area contributed by atoms with E-state index in [1.807, 2.05) is 0 Å². The van der Waals surface area contributed by atoms with E-state index >= 15 is 0 Å². The van der Waals surface area contributed by atoms with Gasteiger partial charge in [0, 0.05) is 6.04 Å². The minimum atomic E-state index is 0.712. The molecule has 0 radical (unpaired) electrons. The average Bonchev–Trinajstić information content (AvgIpc) is 2.11. The fraction of sp³-hybridized carbons (Fsp3) is 1.00. The molecule has 1 aliphatic rings. The smallest absolute Gasteiger partial charge is 0.00509 e. The predicted octanol–water partition coefficient (Wildman–Crippen LogP) is 1.86. The van der Waals surface area contributed by atoms with Gasteiger partial charge in [0.1, 0.15) is 0 Å². The van der Waals surface area contributed by atoms with Crippen LogP contribution in [-0.4, -0.2) is 37.1 Å². The zero-order valence-corrected chi connectivity index (χ0v) is 9.18. The van der Waals surface area contributed by atoms with Crippen molar-refractivity contribution in [1.82, 2.24) is 10.2 Å². The third-order valence-electron chi connectivity index (χ3n) is 2.85. The summed E-state index contributed by atoms with van der Waals surface area (Å²) in [6.07, 6.45) is 5.31. The summed E-state index contributed by atoms with van der Waals surface area (Å²) in [6.45, 7) is 9.65. The highest BCUT2D eigenvalue weighted by atomic mass is 15.1. The first-order chi connectivity index (χ1) is 6.33. The van der Waals surface area contributed by atoms with Gasteiger partial charge in [-0.1, -0.05) is 13.3 Å². The van der Waals surface area contributed by atoms with Crippen LogP contribution in [0, 0.1) is 0 Å². The highest BCUT2D eigenvalue weighted by Gasteiger charge is 2.10. The summed E-state index contributed by atoms with van der Waals surface area (Å²) in [5, 5.41) is 3.53. The van der Waals surface area contributed by atoms with Crippen molar-refractivity contribution in [3.05, 3.63) is 0 Å². The van der Waals surface area contributed by atoms with E-state index in [2.05, 4.69) is 24.1 Å². The lowest BCUT2D eigenvalue weighted by molar-refractivity contribution is 0.234. The van der Waals surface area contributed by atoms with Crippen molar-refractivity contribution in [2.75, 3.05) is 26.2 Å². The lowest BCUT2D eigenvalue weighted by Gasteiger charge is -2.27. The SMILES string of the molecule is CCCCN1CCCNC(C)CC1. The maximum atomic E-state index is 3.53. The first kappa shape index (κ1) is 11.0. The third kappa shape index (κ3) is 4.63. The maximum absolute atomic E-state index is 3.53. The van der Waals surface area contributed by atoms with E-state index in [0.717, 1.165) is 0 Å². The number of nitrogens with zero attached hydrogens (tertiary/aromatic N) is 1. The molecule has 0 aromatic rings. The van der Waals surface area contributed by atoms with Crippen molar-refractivity contribution in [2.45, 2.75) is 45.6 Å². The highest BCUT2D eigenvalue weighted by Crippen LogP contribution is 2.03. The van der Waals surface area contributed by atoms with Crippen molar-refractivity contribution in [2.24, 2.45) is 0 Å². The van der Waals surface area contributed by atoms with Crippen LogP contribution in [0.2, 0.25) is 0 Å². The van der Waals surface area contributed by atoms with Crippen LogP contribution in [-0.2, 0) is 0 Å². The number of unbranched alkanes of at least 4 members (excludes halogenated alkanes) is 1. The predicted molar refractivity (Wildman–Crippen MR) is 58.0 cm³/mol. The van der Waals surface area contributed by atoms with Crippen LogP contribution in [0.15, 0.2) is 0 Å². The van der Waals surface area contributed by atoms with Crippen LogP contribution in [0.1, 0.15) is 39.5 Å². The average molecular weight is 184 g/mol. The Bertz CT molecular complexity index is 123. The Morgan fingerprint density at radius 2 is 2.23 bits per heavy atom. The number of hydrogen-bond acceptors (Lipinski definition) is 2. The van der Waals surface area contributed by atoms with E-state index in [-0.39, 0.29) is 0 Å². The van der Waals surface area contributed by atoms with E-state index < -0.39 is 0 Å². The van der Waals surface area contributed by atoms with Gasteiger partial charge < -0.3 is 10.2 Å². The zero-order chi connectivity index (χ0) is 9.52. The van der Waals surface area contributed by atoms with E-state index in [0.29, 0.717) is 6.04 Å². The van der Waals surface area contributed by atoms with Gasteiger partial charge in [-0.05, 0) is 52.4 Å². The molecule has 1 fully saturated rings. The Morgan fingerprint density at radius 1 is 1.38 bits per heavy atom. The molecule has 1 saturated heterocycles. The Morgan fingerprint density at radius 3 is 3.00 bits per heavy atom. The fourth-order valence-corrected chi connectivity index (χ4v) is 1.85. The standard InChI is InChI=1S/C11H24N2/c1-3-4-8-13-9-5-7-12-11(2)6-10-13/h11-12H,3-10H2,1-2H3. The molecule has 0 saturated carbocycles. The second-order valence-corrected chi connectivity index (χ2v) is 4.19. The summed E-state index contributed by atoms with van der Waals surface area (Å²) in [7, 11) is 0. The Labute approximate surface area is 82.7 Å². The molecule has 0 spiro atoms. The molecule has 0 aromatic carbocycles. The molecule has 1 heterocycles. The molecule has 1 atom stereocenters. The van der Waals surface area contributed by atoms with Crippen LogP contribution in [0.3, 0.4) is 0 Å². The molecule has 0 bridgehead atoms. The largest absolute Gasteiger partial charge is 0.314 e. The molecule has 78 valence electrons. The van der Waals surface area contributed by atoms with Gasteiger partial charge in [0.25, 0.3) is 0 Å². The monoisotopic (exact) mass is 184 g/mol. The van der Waals surface area contributed by atoms with Crippen molar-refractivity contribution in [1.29, 1.82) is 0 Å². The van der Waals surface area contributed by atoms with E-state index in [1.54, 1.807) is 0 Å².